The highest BCUT2D eigenvalue weighted by Crippen LogP contribution is 2.36. The maximum absolute atomic E-state index is 11.5. The summed E-state index contributed by atoms with van der Waals surface area (Å²) >= 11 is 12.9. The zero-order valence-corrected chi connectivity index (χ0v) is 23.1. The molecule has 1 atom stereocenters. The fraction of sp³-hybridized carbons (Fsp3) is 0.552. The van der Waals surface area contributed by atoms with Crippen molar-refractivity contribution in [3.63, 3.8) is 0 Å². The zero-order chi connectivity index (χ0) is 26.1. The number of aliphatic hydroxyl groups is 1. The topological polar surface area (TPSA) is 67.8 Å². The van der Waals surface area contributed by atoms with Crippen LogP contribution in [0.15, 0.2) is 36.4 Å². The summed E-state index contributed by atoms with van der Waals surface area (Å²) in [4.78, 5) is 11.5. The molecule has 0 unspecified atom stereocenters. The lowest BCUT2D eigenvalue weighted by Gasteiger charge is -2.30. The van der Waals surface area contributed by atoms with Gasteiger partial charge in [0.25, 0.3) is 0 Å². The Labute approximate surface area is 225 Å². The Balaban J connectivity index is 1.40. The number of esters is 1. The first-order chi connectivity index (χ1) is 17.2. The molecule has 0 saturated carbocycles. The second-order valence-corrected chi connectivity index (χ2v) is 11.1. The van der Waals surface area contributed by atoms with Crippen LogP contribution < -0.4 is 10.1 Å². The van der Waals surface area contributed by atoms with E-state index in [0.717, 1.165) is 37.7 Å². The first-order valence-electron chi connectivity index (χ1n) is 12.9. The molecule has 3 rings (SSSR count). The maximum atomic E-state index is 11.5. The summed E-state index contributed by atoms with van der Waals surface area (Å²) in [5.41, 5.74) is 3.75. The standard InChI is InChI=1S/C29H39Cl2NO4/c1-4-35-26(34)12-8-7-9-21-13-14-25(28(31)27(21)30)36-19-24(33)18-32-29(2,3)17-20-15-22-10-5-6-11-23(22)16-20/h5-6,10-11,13-14,20,24,32-33H,4,7-9,12,15-19H2,1-3H3/t24-/m1/s1. The fourth-order valence-corrected chi connectivity index (χ4v) is 5.41. The molecular formula is C29H39Cl2NO4. The molecule has 0 spiro atoms. The number of ether oxygens (including phenoxy) is 2. The van der Waals surface area contributed by atoms with Crippen LogP contribution in [0, 0.1) is 5.92 Å². The highest BCUT2D eigenvalue weighted by atomic mass is 35.5. The van der Waals surface area contributed by atoms with Gasteiger partial charge in [0, 0.05) is 18.5 Å². The third kappa shape index (κ3) is 8.65. The van der Waals surface area contributed by atoms with Gasteiger partial charge in [0.15, 0.2) is 0 Å². The number of hydrogen-bond acceptors (Lipinski definition) is 5. The quantitative estimate of drug-likeness (QED) is 0.223. The average Bonchev–Trinajstić information content (AvgIpc) is 3.24. The van der Waals surface area contributed by atoms with Gasteiger partial charge in [-0.1, -0.05) is 53.5 Å². The van der Waals surface area contributed by atoms with Crippen LogP contribution in [0.25, 0.3) is 0 Å². The van der Waals surface area contributed by atoms with E-state index < -0.39 is 6.10 Å². The molecule has 0 fully saturated rings. The summed E-state index contributed by atoms with van der Waals surface area (Å²) in [5, 5.41) is 14.8. The van der Waals surface area contributed by atoms with Gasteiger partial charge in [-0.25, -0.2) is 0 Å². The number of aliphatic hydroxyl groups excluding tert-OH is 1. The van der Waals surface area contributed by atoms with E-state index in [2.05, 4.69) is 43.4 Å². The van der Waals surface area contributed by atoms with Gasteiger partial charge in [-0.05, 0) is 88.0 Å². The predicted molar refractivity (Wildman–Crippen MR) is 146 cm³/mol. The smallest absolute Gasteiger partial charge is 0.305 e. The van der Waals surface area contributed by atoms with Crippen LogP contribution in [0.3, 0.4) is 0 Å². The van der Waals surface area contributed by atoms with E-state index in [-0.39, 0.29) is 18.1 Å². The van der Waals surface area contributed by atoms with Crippen molar-refractivity contribution in [2.24, 2.45) is 5.92 Å². The van der Waals surface area contributed by atoms with Gasteiger partial charge >= 0.3 is 5.97 Å². The predicted octanol–water partition coefficient (Wildman–Crippen LogP) is 6.18. The number of carbonyl (C=O) groups is 1. The van der Waals surface area contributed by atoms with Crippen LogP contribution in [0.5, 0.6) is 5.75 Å². The van der Waals surface area contributed by atoms with Crippen molar-refractivity contribution in [1.29, 1.82) is 0 Å². The van der Waals surface area contributed by atoms with Crippen molar-refractivity contribution in [3.8, 4) is 5.75 Å². The molecule has 2 aromatic rings. The number of hydrogen-bond donors (Lipinski definition) is 2. The van der Waals surface area contributed by atoms with Gasteiger partial charge in [0.2, 0.25) is 0 Å². The van der Waals surface area contributed by atoms with Crippen molar-refractivity contribution in [2.75, 3.05) is 19.8 Å². The molecule has 0 bridgehead atoms. The third-order valence-electron chi connectivity index (χ3n) is 6.69. The van der Waals surface area contributed by atoms with Crippen molar-refractivity contribution in [1.82, 2.24) is 5.32 Å². The molecule has 198 valence electrons. The number of halogens is 2. The second-order valence-electron chi connectivity index (χ2n) is 10.3. The van der Waals surface area contributed by atoms with Crippen molar-refractivity contribution in [3.05, 3.63) is 63.1 Å². The highest BCUT2D eigenvalue weighted by molar-refractivity contribution is 6.43. The van der Waals surface area contributed by atoms with Gasteiger partial charge in [-0.3, -0.25) is 4.79 Å². The highest BCUT2D eigenvalue weighted by Gasteiger charge is 2.28. The van der Waals surface area contributed by atoms with Gasteiger partial charge in [0.05, 0.1) is 11.6 Å². The molecular weight excluding hydrogens is 497 g/mol. The first kappa shape index (κ1) is 28.8. The van der Waals surface area contributed by atoms with Gasteiger partial charge in [0.1, 0.15) is 23.5 Å². The van der Waals surface area contributed by atoms with E-state index in [1.54, 1.807) is 13.0 Å². The lowest BCUT2D eigenvalue weighted by molar-refractivity contribution is -0.143. The van der Waals surface area contributed by atoms with Crippen molar-refractivity contribution < 1.29 is 19.4 Å². The molecule has 7 heteroatoms. The van der Waals surface area contributed by atoms with Gasteiger partial charge in [-0.15, -0.1) is 0 Å². The molecule has 0 heterocycles. The molecule has 0 radical (unpaired) electrons. The number of rotatable bonds is 14. The van der Waals surface area contributed by atoms with Crippen LogP contribution in [0.1, 0.15) is 63.1 Å². The SMILES string of the molecule is CCOC(=O)CCCCc1ccc(OC[C@H](O)CNC(C)(C)CC2Cc3ccccc3C2)c(Cl)c1Cl. The largest absolute Gasteiger partial charge is 0.489 e. The van der Waals surface area contributed by atoms with Crippen LogP contribution in [-0.2, 0) is 28.8 Å². The van der Waals surface area contributed by atoms with E-state index in [4.69, 9.17) is 32.7 Å². The van der Waals surface area contributed by atoms with Crippen molar-refractivity contribution in [2.45, 2.75) is 77.4 Å². The average molecular weight is 537 g/mol. The molecule has 36 heavy (non-hydrogen) atoms. The molecule has 0 aromatic heterocycles. The molecule has 1 aliphatic rings. The van der Waals surface area contributed by atoms with Gasteiger partial charge < -0.3 is 19.9 Å². The van der Waals surface area contributed by atoms with Crippen LogP contribution in [0.2, 0.25) is 10.0 Å². The lowest BCUT2D eigenvalue weighted by atomic mass is 9.88. The number of carbonyl (C=O) groups excluding carboxylic acids is 1. The van der Waals surface area contributed by atoms with Crippen LogP contribution >= 0.6 is 23.2 Å². The Morgan fingerprint density at radius 1 is 1.11 bits per heavy atom. The summed E-state index contributed by atoms with van der Waals surface area (Å²) in [6.07, 6.45) is 5.25. The lowest BCUT2D eigenvalue weighted by Crippen LogP contribution is -2.46. The minimum Gasteiger partial charge on any atom is -0.489 e. The fourth-order valence-electron chi connectivity index (χ4n) is 4.92. The second kappa shape index (κ2) is 13.7. The Morgan fingerprint density at radius 2 is 1.81 bits per heavy atom. The van der Waals surface area contributed by atoms with Gasteiger partial charge in [-0.2, -0.15) is 0 Å². The minimum absolute atomic E-state index is 0.0937. The molecule has 5 nitrogen and oxygen atoms in total. The monoisotopic (exact) mass is 535 g/mol. The summed E-state index contributed by atoms with van der Waals surface area (Å²) in [6, 6.07) is 12.4. The summed E-state index contributed by atoms with van der Waals surface area (Å²) in [7, 11) is 0. The summed E-state index contributed by atoms with van der Waals surface area (Å²) in [6.45, 7) is 7.12. The van der Waals surface area contributed by atoms with E-state index in [0.29, 0.717) is 47.7 Å². The number of β-amino-alcohol motifs (C(OH)–C–C–N with tert-alkyl or cyclic N) is 1. The van der Waals surface area contributed by atoms with E-state index in [1.165, 1.54) is 11.1 Å². The summed E-state index contributed by atoms with van der Waals surface area (Å²) in [5.74, 6) is 0.896. The Hall–Kier alpha value is -1.79. The number of fused-ring (bicyclic) bond motifs is 1. The Morgan fingerprint density at radius 3 is 2.47 bits per heavy atom. The molecule has 2 aromatic carbocycles. The first-order valence-corrected chi connectivity index (χ1v) is 13.7. The molecule has 0 amide bonds. The number of aryl methyl sites for hydroxylation is 1. The van der Waals surface area contributed by atoms with E-state index in [1.807, 2.05) is 6.07 Å². The Bertz CT molecular complexity index is 986. The Kier molecular flexibility index (Phi) is 10.9. The molecule has 1 aliphatic carbocycles. The normalized spacial score (nSPS) is 14.5. The van der Waals surface area contributed by atoms with E-state index in [9.17, 15) is 9.90 Å². The number of nitrogens with one attached hydrogen (secondary N) is 1. The molecule has 0 saturated heterocycles. The maximum Gasteiger partial charge on any atom is 0.305 e. The van der Waals surface area contributed by atoms with Crippen molar-refractivity contribution >= 4 is 29.2 Å². The third-order valence-corrected chi connectivity index (χ3v) is 7.59. The van der Waals surface area contributed by atoms with Crippen LogP contribution in [-0.4, -0.2) is 42.5 Å². The summed E-state index contributed by atoms with van der Waals surface area (Å²) < 4.78 is 10.7. The molecule has 0 aliphatic heterocycles. The molecule has 2 N–H and O–H groups in total. The van der Waals surface area contributed by atoms with E-state index >= 15 is 0 Å². The van der Waals surface area contributed by atoms with Crippen LogP contribution in [0.4, 0.5) is 0 Å². The number of benzene rings is 2. The minimum atomic E-state index is -0.678. The zero-order valence-electron chi connectivity index (χ0n) is 21.6. The number of unbranched alkanes of at least 4 members (excludes halogenated alkanes) is 1.